The van der Waals surface area contributed by atoms with Crippen LogP contribution in [0.5, 0.6) is 0 Å². The van der Waals surface area contributed by atoms with Gasteiger partial charge < -0.3 is 0 Å². The zero-order chi connectivity index (χ0) is 32.2. The minimum absolute atomic E-state index is 0.0761. The Balaban J connectivity index is 1.22. The van der Waals surface area contributed by atoms with Crippen molar-refractivity contribution in [3.05, 3.63) is 130 Å². The minimum atomic E-state index is -3.74. The summed E-state index contributed by atoms with van der Waals surface area (Å²) in [4.78, 5) is 17.9. The van der Waals surface area contributed by atoms with Gasteiger partial charge in [0.05, 0.1) is 17.1 Å². The third-order valence-electron chi connectivity index (χ3n) is 7.97. The number of pyridine rings is 1. The predicted octanol–water partition coefficient (Wildman–Crippen LogP) is 6.76. The van der Waals surface area contributed by atoms with Crippen LogP contribution in [0.3, 0.4) is 0 Å². The van der Waals surface area contributed by atoms with Crippen molar-refractivity contribution in [2.24, 2.45) is 0 Å². The van der Waals surface area contributed by atoms with E-state index >= 15 is 0 Å². The molecule has 0 aliphatic heterocycles. The molecule has 2 aromatic heterocycles. The Morgan fingerprint density at radius 2 is 1.49 bits per heavy atom. The summed E-state index contributed by atoms with van der Waals surface area (Å²) in [5.41, 5.74) is 5.81. The van der Waals surface area contributed by atoms with E-state index in [4.69, 9.17) is 5.10 Å². The van der Waals surface area contributed by atoms with Gasteiger partial charge in [0.1, 0.15) is 11.6 Å². The third kappa shape index (κ3) is 7.60. The standard InChI is InChI=1S/C36H41N5O3S/c1-6-40-33(38-41(35(40)42)25-28-18-22-30(23-19-28)36(3,4)5)14-10-11-27-16-20-29(21-17-27)32-24-15-26(2)34(37-32)39-45(43,44)31-12-8-7-9-13-31/h7-9,12-13,15-24H,6,10-11,14,25H2,1-5H3,(H,37,39). The normalized spacial score (nSPS) is 11.9. The number of hydrogen-bond acceptors (Lipinski definition) is 5. The summed E-state index contributed by atoms with van der Waals surface area (Å²) in [7, 11) is -3.74. The van der Waals surface area contributed by atoms with Crippen LogP contribution in [-0.2, 0) is 41.4 Å². The number of rotatable bonds is 11. The lowest BCUT2D eigenvalue weighted by molar-refractivity contribution is 0.588. The molecule has 5 rings (SSSR count). The number of benzene rings is 3. The van der Waals surface area contributed by atoms with Crippen LogP contribution in [0, 0.1) is 6.92 Å². The molecule has 0 radical (unpaired) electrons. The molecular weight excluding hydrogens is 582 g/mol. The van der Waals surface area contributed by atoms with Gasteiger partial charge in [-0.2, -0.15) is 5.10 Å². The Hall–Kier alpha value is -4.50. The maximum Gasteiger partial charge on any atom is 0.346 e. The van der Waals surface area contributed by atoms with Crippen LogP contribution in [0.15, 0.2) is 101 Å². The molecule has 5 aromatic rings. The van der Waals surface area contributed by atoms with Gasteiger partial charge in [-0.1, -0.05) is 93.6 Å². The van der Waals surface area contributed by atoms with Crippen LogP contribution >= 0.6 is 0 Å². The van der Waals surface area contributed by atoms with Gasteiger partial charge in [0.25, 0.3) is 10.0 Å². The van der Waals surface area contributed by atoms with E-state index in [-0.39, 0.29) is 16.0 Å². The second-order valence-corrected chi connectivity index (χ2v) is 14.1. The smallest absolute Gasteiger partial charge is 0.279 e. The maximum atomic E-state index is 13.1. The van der Waals surface area contributed by atoms with Crippen molar-refractivity contribution in [3.8, 4) is 11.3 Å². The molecule has 0 saturated heterocycles. The molecule has 0 atom stereocenters. The highest BCUT2D eigenvalue weighted by Gasteiger charge is 2.17. The lowest BCUT2D eigenvalue weighted by Crippen LogP contribution is -2.25. The zero-order valence-corrected chi connectivity index (χ0v) is 27.4. The van der Waals surface area contributed by atoms with Crippen molar-refractivity contribution in [1.82, 2.24) is 19.3 Å². The van der Waals surface area contributed by atoms with E-state index in [1.165, 1.54) is 11.1 Å². The summed E-state index contributed by atoms with van der Waals surface area (Å²) >= 11 is 0. The molecule has 3 aromatic carbocycles. The fraction of sp³-hybridized carbons (Fsp3) is 0.306. The van der Waals surface area contributed by atoms with Crippen LogP contribution in [0.2, 0.25) is 0 Å². The fourth-order valence-corrected chi connectivity index (χ4v) is 6.34. The van der Waals surface area contributed by atoms with Crippen molar-refractivity contribution in [2.75, 3.05) is 4.72 Å². The molecule has 234 valence electrons. The lowest BCUT2D eigenvalue weighted by atomic mass is 9.87. The molecule has 8 nitrogen and oxygen atoms in total. The summed E-state index contributed by atoms with van der Waals surface area (Å²) in [5.74, 6) is 1.11. The predicted molar refractivity (Wildman–Crippen MR) is 180 cm³/mol. The zero-order valence-electron chi connectivity index (χ0n) is 26.6. The second kappa shape index (κ2) is 13.2. The van der Waals surface area contributed by atoms with Gasteiger partial charge in [0.2, 0.25) is 0 Å². The van der Waals surface area contributed by atoms with Crippen LogP contribution in [-0.4, -0.2) is 27.7 Å². The quantitative estimate of drug-likeness (QED) is 0.175. The highest BCUT2D eigenvalue weighted by Crippen LogP contribution is 2.25. The van der Waals surface area contributed by atoms with Gasteiger partial charge in [-0.3, -0.25) is 9.29 Å². The molecule has 0 unspecified atom stereocenters. The molecule has 9 heteroatoms. The topological polar surface area (TPSA) is 98.9 Å². The number of anilines is 1. The molecule has 0 fully saturated rings. The molecular formula is C36H41N5O3S. The van der Waals surface area contributed by atoms with E-state index in [0.717, 1.165) is 35.4 Å². The minimum Gasteiger partial charge on any atom is -0.279 e. The number of nitrogens with zero attached hydrogens (tertiary/aromatic N) is 4. The van der Waals surface area contributed by atoms with Crippen LogP contribution < -0.4 is 10.4 Å². The average molecular weight is 624 g/mol. The number of hydrogen-bond donors (Lipinski definition) is 1. The van der Waals surface area contributed by atoms with Gasteiger partial charge >= 0.3 is 5.69 Å². The number of nitrogens with one attached hydrogen (secondary N) is 1. The van der Waals surface area contributed by atoms with E-state index in [2.05, 4.69) is 66.9 Å². The summed E-state index contributed by atoms with van der Waals surface area (Å²) < 4.78 is 31.7. The Kier molecular flexibility index (Phi) is 9.39. The molecule has 0 bridgehead atoms. The highest BCUT2D eigenvalue weighted by atomic mass is 32.2. The van der Waals surface area contributed by atoms with Crippen molar-refractivity contribution >= 4 is 15.8 Å². The summed E-state index contributed by atoms with van der Waals surface area (Å²) in [6.07, 6.45) is 2.39. The van der Waals surface area contributed by atoms with E-state index in [9.17, 15) is 13.2 Å². The third-order valence-corrected chi connectivity index (χ3v) is 9.32. The molecule has 2 heterocycles. The summed E-state index contributed by atoms with van der Waals surface area (Å²) in [6.45, 7) is 11.4. The number of aryl methyl sites for hydroxylation is 3. The molecule has 0 saturated carbocycles. The second-order valence-electron chi connectivity index (χ2n) is 12.4. The van der Waals surface area contributed by atoms with E-state index in [1.807, 2.05) is 38.1 Å². The van der Waals surface area contributed by atoms with Crippen molar-refractivity contribution < 1.29 is 8.42 Å². The molecule has 0 aliphatic carbocycles. The Labute approximate surface area is 265 Å². The average Bonchev–Trinajstić information content (AvgIpc) is 3.32. The summed E-state index contributed by atoms with van der Waals surface area (Å²) in [5, 5.41) is 4.70. The van der Waals surface area contributed by atoms with Gasteiger partial charge in [0.15, 0.2) is 0 Å². The van der Waals surface area contributed by atoms with Gasteiger partial charge in [-0.05, 0) is 72.6 Å². The van der Waals surface area contributed by atoms with Crippen LogP contribution in [0.1, 0.15) is 62.2 Å². The molecule has 1 N–H and O–H groups in total. The monoisotopic (exact) mass is 623 g/mol. The molecule has 0 amide bonds. The Morgan fingerprint density at radius 3 is 2.13 bits per heavy atom. The first-order chi connectivity index (χ1) is 21.4. The van der Waals surface area contributed by atoms with Crippen molar-refractivity contribution in [2.45, 2.75) is 77.3 Å². The molecule has 45 heavy (non-hydrogen) atoms. The first kappa shape index (κ1) is 31.9. The first-order valence-corrected chi connectivity index (χ1v) is 16.8. The van der Waals surface area contributed by atoms with E-state index in [0.29, 0.717) is 31.0 Å². The number of sulfonamides is 1. The van der Waals surface area contributed by atoms with E-state index in [1.54, 1.807) is 39.6 Å². The van der Waals surface area contributed by atoms with Gasteiger partial charge in [-0.25, -0.2) is 22.9 Å². The summed E-state index contributed by atoms with van der Waals surface area (Å²) in [6, 6.07) is 28.6. The van der Waals surface area contributed by atoms with Gasteiger partial charge in [0, 0.05) is 18.5 Å². The van der Waals surface area contributed by atoms with Crippen LogP contribution in [0.25, 0.3) is 11.3 Å². The Bertz CT molecular complexity index is 1920. The van der Waals surface area contributed by atoms with Crippen molar-refractivity contribution in [1.29, 1.82) is 0 Å². The Morgan fingerprint density at radius 1 is 0.822 bits per heavy atom. The lowest BCUT2D eigenvalue weighted by Gasteiger charge is -2.19. The molecule has 0 aliphatic rings. The fourth-order valence-electron chi connectivity index (χ4n) is 5.25. The maximum absolute atomic E-state index is 13.1. The van der Waals surface area contributed by atoms with Gasteiger partial charge in [-0.15, -0.1) is 0 Å². The SMILES string of the molecule is CCn1c(CCCc2ccc(-c3ccc(C)c(NS(=O)(=O)c4ccccc4)n3)cc2)nn(Cc2ccc(C(C)(C)C)cc2)c1=O. The van der Waals surface area contributed by atoms with Crippen LogP contribution in [0.4, 0.5) is 5.82 Å². The number of aromatic nitrogens is 4. The largest absolute Gasteiger partial charge is 0.346 e. The van der Waals surface area contributed by atoms with Crippen molar-refractivity contribution in [3.63, 3.8) is 0 Å². The highest BCUT2D eigenvalue weighted by molar-refractivity contribution is 7.92. The molecule has 0 spiro atoms. The first-order valence-electron chi connectivity index (χ1n) is 15.4. The van der Waals surface area contributed by atoms with E-state index < -0.39 is 10.0 Å².